The second-order valence-corrected chi connectivity index (χ2v) is 12.5. The molecule has 0 aliphatic carbocycles. The Morgan fingerprint density at radius 3 is 2.59 bits per heavy atom. The summed E-state index contributed by atoms with van der Waals surface area (Å²) in [5, 5.41) is 7.64. The molecule has 4 heterocycles. The number of carbonyl (C=O) groups is 1. The SMILES string of the molecule is CCNC(=O)Nc1ncnc2c1ncn2[C@@H]1O[C@H](COP(=O)(O)OP(=O)(O)CNC)C2O[C@@H](c3ccccc3)O[C@@H]21. The number of ether oxygens (including phenoxy) is 3. The van der Waals surface area contributed by atoms with E-state index in [1.807, 2.05) is 30.3 Å². The van der Waals surface area contributed by atoms with Crippen molar-refractivity contribution in [1.82, 2.24) is 30.2 Å². The molecule has 0 spiro atoms. The number of benzene rings is 1. The van der Waals surface area contributed by atoms with Crippen LogP contribution in [0.3, 0.4) is 0 Å². The predicted molar refractivity (Wildman–Crippen MR) is 141 cm³/mol. The van der Waals surface area contributed by atoms with Crippen LogP contribution in [0.15, 0.2) is 43.0 Å². The molecule has 2 fully saturated rings. The van der Waals surface area contributed by atoms with Gasteiger partial charge in [-0.2, -0.15) is 0 Å². The van der Waals surface area contributed by atoms with Crippen molar-refractivity contribution in [2.24, 2.45) is 0 Å². The van der Waals surface area contributed by atoms with Crippen LogP contribution in [0.4, 0.5) is 10.6 Å². The van der Waals surface area contributed by atoms with E-state index in [-0.39, 0.29) is 11.3 Å². The molecule has 2 amide bonds. The number of carbonyl (C=O) groups excluding carboxylic acids is 1. The second kappa shape index (κ2) is 12.2. The van der Waals surface area contributed by atoms with E-state index in [1.165, 1.54) is 19.7 Å². The fraction of sp³-hybridized carbons (Fsp3) is 0.455. The molecule has 1 aromatic carbocycles. The Labute approximate surface area is 233 Å². The fourth-order valence-corrected chi connectivity index (χ4v) is 6.93. The molecule has 222 valence electrons. The van der Waals surface area contributed by atoms with Crippen molar-refractivity contribution in [1.29, 1.82) is 0 Å². The van der Waals surface area contributed by atoms with Crippen LogP contribution in [-0.2, 0) is 32.2 Å². The summed E-state index contributed by atoms with van der Waals surface area (Å²) in [5.74, 6) is 0.174. The highest BCUT2D eigenvalue weighted by molar-refractivity contribution is 7.63. The average molecular weight is 613 g/mol. The Morgan fingerprint density at radius 2 is 1.85 bits per heavy atom. The molecule has 0 radical (unpaired) electrons. The van der Waals surface area contributed by atoms with E-state index >= 15 is 0 Å². The highest BCUT2D eigenvalue weighted by Gasteiger charge is 2.54. The topological polar surface area (TPSA) is 218 Å². The lowest BCUT2D eigenvalue weighted by Crippen LogP contribution is -2.31. The van der Waals surface area contributed by atoms with Crippen molar-refractivity contribution in [2.75, 3.05) is 31.8 Å². The van der Waals surface area contributed by atoms with Gasteiger partial charge in [0.2, 0.25) is 0 Å². The minimum absolute atomic E-state index is 0.174. The van der Waals surface area contributed by atoms with Gasteiger partial charge < -0.3 is 34.6 Å². The molecule has 41 heavy (non-hydrogen) atoms. The minimum atomic E-state index is -4.97. The third-order valence-corrected chi connectivity index (χ3v) is 9.15. The van der Waals surface area contributed by atoms with E-state index in [2.05, 4.69) is 35.2 Å². The number of amides is 2. The van der Waals surface area contributed by atoms with Crippen molar-refractivity contribution in [3.63, 3.8) is 0 Å². The molecule has 2 aliphatic rings. The molecule has 7 atom stereocenters. The maximum absolute atomic E-state index is 12.4. The van der Waals surface area contributed by atoms with E-state index in [4.69, 9.17) is 18.7 Å². The first kappa shape index (κ1) is 29.7. The molecular formula is C22H29N7O10P2. The number of aromatic nitrogens is 4. The number of imidazole rings is 1. The molecule has 2 aliphatic heterocycles. The first-order valence-corrected chi connectivity index (χ1v) is 15.8. The number of nitrogens with zero attached hydrogens (tertiary/aromatic N) is 4. The van der Waals surface area contributed by atoms with Crippen LogP contribution in [0.25, 0.3) is 11.2 Å². The molecule has 3 unspecified atom stereocenters. The summed E-state index contributed by atoms with van der Waals surface area (Å²) in [6.07, 6.45) is -2.08. The number of anilines is 1. The van der Waals surface area contributed by atoms with Crippen LogP contribution in [0.2, 0.25) is 0 Å². The Balaban J connectivity index is 1.40. The third-order valence-electron chi connectivity index (χ3n) is 6.11. The summed E-state index contributed by atoms with van der Waals surface area (Å²) in [6, 6.07) is 8.67. The summed E-state index contributed by atoms with van der Waals surface area (Å²) in [5.41, 5.74) is 1.33. The summed E-state index contributed by atoms with van der Waals surface area (Å²) < 4.78 is 54.1. The molecule has 2 saturated heterocycles. The van der Waals surface area contributed by atoms with E-state index in [0.29, 0.717) is 12.2 Å². The molecule has 5 rings (SSSR count). The van der Waals surface area contributed by atoms with Crippen molar-refractivity contribution in [3.8, 4) is 0 Å². The molecule has 17 nitrogen and oxygen atoms in total. The number of fused-ring (bicyclic) bond motifs is 2. The molecule has 3 aromatic rings. The Morgan fingerprint density at radius 1 is 1.10 bits per heavy atom. The number of urea groups is 1. The quantitative estimate of drug-likeness (QED) is 0.195. The zero-order chi connectivity index (χ0) is 29.2. The van der Waals surface area contributed by atoms with Crippen LogP contribution in [0, 0.1) is 0 Å². The predicted octanol–water partition coefficient (Wildman–Crippen LogP) is 1.84. The first-order chi connectivity index (χ1) is 19.6. The zero-order valence-corrected chi connectivity index (χ0v) is 23.7. The summed E-state index contributed by atoms with van der Waals surface area (Å²) >= 11 is 0. The number of rotatable bonds is 11. The van der Waals surface area contributed by atoms with Gasteiger partial charge >= 0.3 is 21.4 Å². The van der Waals surface area contributed by atoms with E-state index in [9.17, 15) is 23.7 Å². The van der Waals surface area contributed by atoms with Gasteiger partial charge in [0.25, 0.3) is 0 Å². The number of hydrogen-bond acceptors (Lipinski definition) is 12. The highest BCUT2D eigenvalue weighted by Crippen LogP contribution is 2.59. The lowest BCUT2D eigenvalue weighted by Gasteiger charge is -2.22. The molecule has 5 N–H and O–H groups in total. The number of phosphoric ester groups is 1. The monoisotopic (exact) mass is 613 g/mol. The largest absolute Gasteiger partial charge is 0.479 e. The van der Waals surface area contributed by atoms with Crippen molar-refractivity contribution in [2.45, 2.75) is 37.8 Å². The Kier molecular flexibility index (Phi) is 8.82. The van der Waals surface area contributed by atoms with Gasteiger partial charge in [-0.1, -0.05) is 30.3 Å². The van der Waals surface area contributed by atoms with E-state index in [0.717, 1.165) is 5.56 Å². The lowest BCUT2D eigenvalue weighted by molar-refractivity contribution is -0.152. The maximum Gasteiger partial charge on any atom is 0.479 e. The first-order valence-electron chi connectivity index (χ1n) is 12.5. The Hall–Kier alpha value is -2.82. The van der Waals surface area contributed by atoms with Crippen molar-refractivity contribution < 1.29 is 46.8 Å². The maximum atomic E-state index is 12.4. The standard InChI is InChI=1S/C22H29N7O10P2/c1-3-24-22(30)28-18-15-19(26-10-25-18)29(11-27-15)20-17-16(37-21(38-17)13-7-5-4-6-8-13)14(36-20)9-35-41(33,34)39-40(31,32)12-23-2/h4-8,10-11,14,16-17,20-21,23H,3,9,12H2,1-2H3,(H,31,32)(H,33,34)(H2,24,25,26,28,30)/t14-,16?,17+,20-,21-/m1/s1. The van der Waals surface area contributed by atoms with Gasteiger partial charge in [-0.15, -0.1) is 0 Å². The van der Waals surface area contributed by atoms with E-state index < -0.39 is 65.2 Å². The smallest absolute Gasteiger partial charge is 0.347 e. The minimum Gasteiger partial charge on any atom is -0.347 e. The van der Waals surface area contributed by atoms with Crippen LogP contribution >= 0.6 is 15.4 Å². The lowest BCUT2D eigenvalue weighted by atomic mass is 10.1. The summed E-state index contributed by atoms with van der Waals surface area (Å²) in [6.45, 7) is 1.65. The van der Waals surface area contributed by atoms with Gasteiger partial charge in [0.1, 0.15) is 24.6 Å². The summed E-state index contributed by atoms with van der Waals surface area (Å²) in [7, 11) is -8.04. The van der Waals surface area contributed by atoms with Gasteiger partial charge in [0.15, 0.2) is 29.5 Å². The molecular weight excluding hydrogens is 584 g/mol. The molecule has 0 saturated carbocycles. The summed E-state index contributed by atoms with van der Waals surface area (Å²) in [4.78, 5) is 44.7. The van der Waals surface area contributed by atoms with Gasteiger partial charge in [-0.25, -0.2) is 28.6 Å². The van der Waals surface area contributed by atoms with Crippen molar-refractivity contribution >= 4 is 38.4 Å². The number of nitrogens with one attached hydrogen (secondary N) is 3. The van der Waals surface area contributed by atoms with Gasteiger partial charge in [0, 0.05) is 12.1 Å². The zero-order valence-electron chi connectivity index (χ0n) is 21.9. The van der Waals surface area contributed by atoms with Crippen LogP contribution in [-0.4, -0.2) is 80.1 Å². The van der Waals surface area contributed by atoms with Crippen molar-refractivity contribution in [3.05, 3.63) is 48.5 Å². The third kappa shape index (κ3) is 6.65. The fourth-order valence-electron chi connectivity index (χ4n) is 4.48. The van der Waals surface area contributed by atoms with Crippen LogP contribution < -0.4 is 16.0 Å². The normalized spacial score (nSPS) is 26.8. The Bertz CT molecular complexity index is 1480. The number of hydrogen-bond donors (Lipinski definition) is 5. The van der Waals surface area contributed by atoms with Gasteiger partial charge in [-0.3, -0.25) is 19.0 Å². The number of phosphoric acid groups is 1. The second-order valence-electron chi connectivity index (χ2n) is 9.03. The molecule has 19 heteroatoms. The van der Waals surface area contributed by atoms with E-state index in [1.54, 1.807) is 11.5 Å². The average Bonchev–Trinajstić information content (AvgIpc) is 3.62. The molecule has 2 aromatic heterocycles. The van der Waals surface area contributed by atoms with Crippen LogP contribution in [0.5, 0.6) is 0 Å². The molecule has 0 bridgehead atoms. The van der Waals surface area contributed by atoms with Gasteiger partial charge in [-0.05, 0) is 14.0 Å². The van der Waals surface area contributed by atoms with Gasteiger partial charge in [0.05, 0.1) is 19.2 Å². The van der Waals surface area contributed by atoms with Crippen LogP contribution in [0.1, 0.15) is 25.0 Å². The highest BCUT2D eigenvalue weighted by atomic mass is 31.3.